The van der Waals surface area contributed by atoms with E-state index >= 15 is 0 Å². The summed E-state index contributed by atoms with van der Waals surface area (Å²) in [6.45, 7) is 10.8. The summed E-state index contributed by atoms with van der Waals surface area (Å²) < 4.78 is 10.9. The molecular formula is C15H24N2O3. The molecule has 3 aliphatic rings. The Hall–Kier alpha value is -0.910. The molecule has 0 radical (unpaired) electrons. The number of nitrogens with zero attached hydrogens (tertiary/aromatic N) is 2. The van der Waals surface area contributed by atoms with Gasteiger partial charge in [0.1, 0.15) is 0 Å². The molecule has 2 atom stereocenters. The van der Waals surface area contributed by atoms with Crippen LogP contribution in [0.25, 0.3) is 0 Å². The molecule has 112 valence electrons. The Morgan fingerprint density at radius 1 is 1.00 bits per heavy atom. The number of carbonyl (C=O) groups is 1. The summed E-state index contributed by atoms with van der Waals surface area (Å²) in [5, 5.41) is 0. The first-order chi connectivity index (χ1) is 9.70. The molecule has 2 aliphatic heterocycles. The lowest BCUT2D eigenvalue weighted by Crippen LogP contribution is -2.50. The zero-order chi connectivity index (χ0) is 14.1. The molecule has 0 amide bonds. The van der Waals surface area contributed by atoms with E-state index in [1.165, 1.54) is 5.70 Å². The summed E-state index contributed by atoms with van der Waals surface area (Å²) in [4.78, 5) is 17.2. The first-order valence-corrected chi connectivity index (χ1v) is 7.59. The Balaban J connectivity index is 1.86. The Morgan fingerprint density at radius 2 is 1.55 bits per heavy atom. The SMILES string of the molecule is CC1=C(N2CCOCC2)C(N2CCOCC2)C(C)C1=O. The third-order valence-electron chi connectivity index (χ3n) is 4.71. The lowest BCUT2D eigenvalue weighted by atomic mass is 10.00. The summed E-state index contributed by atoms with van der Waals surface area (Å²) >= 11 is 0. The zero-order valence-corrected chi connectivity index (χ0v) is 12.4. The van der Waals surface area contributed by atoms with Gasteiger partial charge in [0, 0.05) is 43.4 Å². The number of hydrogen-bond donors (Lipinski definition) is 0. The lowest BCUT2D eigenvalue weighted by Gasteiger charge is -2.40. The van der Waals surface area contributed by atoms with Crippen molar-refractivity contribution in [2.24, 2.45) is 5.92 Å². The van der Waals surface area contributed by atoms with Crippen LogP contribution < -0.4 is 0 Å². The highest BCUT2D eigenvalue weighted by molar-refractivity contribution is 6.00. The van der Waals surface area contributed by atoms with Crippen molar-refractivity contribution >= 4 is 5.78 Å². The summed E-state index contributed by atoms with van der Waals surface area (Å²) in [7, 11) is 0. The van der Waals surface area contributed by atoms with Crippen molar-refractivity contribution in [2.75, 3.05) is 52.6 Å². The van der Waals surface area contributed by atoms with Gasteiger partial charge in [-0.05, 0) is 6.92 Å². The maximum Gasteiger partial charge on any atom is 0.165 e. The average molecular weight is 280 g/mol. The van der Waals surface area contributed by atoms with Crippen LogP contribution in [0.3, 0.4) is 0 Å². The quantitative estimate of drug-likeness (QED) is 0.737. The summed E-state index contributed by atoms with van der Waals surface area (Å²) in [6.07, 6.45) is 0. The Morgan fingerprint density at radius 3 is 2.15 bits per heavy atom. The van der Waals surface area contributed by atoms with Gasteiger partial charge in [-0.25, -0.2) is 0 Å². The number of morpholine rings is 2. The minimum absolute atomic E-state index is 0.0611. The highest BCUT2D eigenvalue weighted by atomic mass is 16.5. The van der Waals surface area contributed by atoms with Gasteiger partial charge >= 0.3 is 0 Å². The van der Waals surface area contributed by atoms with E-state index in [2.05, 4.69) is 16.7 Å². The maximum atomic E-state index is 12.4. The molecule has 0 aromatic carbocycles. The number of carbonyl (C=O) groups excluding carboxylic acids is 1. The molecule has 5 nitrogen and oxygen atoms in total. The number of ketones is 1. The molecule has 0 bridgehead atoms. The van der Waals surface area contributed by atoms with E-state index in [4.69, 9.17) is 9.47 Å². The molecule has 0 aromatic rings. The fraction of sp³-hybridized carbons (Fsp3) is 0.800. The van der Waals surface area contributed by atoms with Crippen molar-refractivity contribution in [3.63, 3.8) is 0 Å². The smallest absolute Gasteiger partial charge is 0.165 e. The maximum absolute atomic E-state index is 12.4. The van der Waals surface area contributed by atoms with Crippen molar-refractivity contribution in [3.05, 3.63) is 11.3 Å². The molecule has 0 N–H and O–H groups in total. The molecule has 2 unspecified atom stereocenters. The lowest BCUT2D eigenvalue weighted by molar-refractivity contribution is -0.119. The minimum Gasteiger partial charge on any atom is -0.379 e. The summed E-state index contributed by atoms with van der Waals surface area (Å²) in [5.74, 6) is 0.369. The van der Waals surface area contributed by atoms with Crippen LogP contribution in [0.2, 0.25) is 0 Å². The van der Waals surface area contributed by atoms with E-state index in [9.17, 15) is 4.79 Å². The molecule has 2 saturated heterocycles. The van der Waals surface area contributed by atoms with Gasteiger partial charge in [-0.2, -0.15) is 0 Å². The van der Waals surface area contributed by atoms with E-state index in [0.29, 0.717) is 5.78 Å². The second-order valence-corrected chi connectivity index (χ2v) is 5.86. The third-order valence-corrected chi connectivity index (χ3v) is 4.71. The van der Waals surface area contributed by atoms with Gasteiger partial charge in [-0.1, -0.05) is 6.92 Å². The fourth-order valence-corrected chi connectivity index (χ4v) is 3.64. The molecule has 0 spiro atoms. The summed E-state index contributed by atoms with van der Waals surface area (Å²) in [5.41, 5.74) is 2.20. The topological polar surface area (TPSA) is 42.0 Å². The van der Waals surface area contributed by atoms with Crippen LogP contribution in [-0.2, 0) is 14.3 Å². The van der Waals surface area contributed by atoms with Crippen molar-refractivity contribution in [2.45, 2.75) is 19.9 Å². The minimum atomic E-state index is 0.0611. The van der Waals surface area contributed by atoms with Crippen LogP contribution in [-0.4, -0.2) is 74.2 Å². The van der Waals surface area contributed by atoms with Crippen molar-refractivity contribution in [1.82, 2.24) is 9.80 Å². The number of hydrogen-bond acceptors (Lipinski definition) is 5. The van der Waals surface area contributed by atoms with Gasteiger partial charge < -0.3 is 14.4 Å². The van der Waals surface area contributed by atoms with Gasteiger partial charge in [-0.15, -0.1) is 0 Å². The fourth-order valence-electron chi connectivity index (χ4n) is 3.64. The van der Waals surface area contributed by atoms with Crippen LogP contribution in [0.5, 0.6) is 0 Å². The van der Waals surface area contributed by atoms with Crippen LogP contribution in [0, 0.1) is 5.92 Å². The van der Waals surface area contributed by atoms with Gasteiger partial charge in [0.15, 0.2) is 5.78 Å². The molecule has 2 fully saturated rings. The predicted octanol–water partition coefficient (Wildman–Crippen LogP) is 0.512. The van der Waals surface area contributed by atoms with E-state index in [0.717, 1.165) is 58.2 Å². The Kier molecular flexibility index (Phi) is 4.10. The molecule has 3 rings (SSSR count). The largest absolute Gasteiger partial charge is 0.379 e. The normalized spacial score (nSPS) is 33.1. The van der Waals surface area contributed by atoms with Gasteiger partial charge in [0.25, 0.3) is 0 Å². The van der Waals surface area contributed by atoms with Crippen molar-refractivity contribution < 1.29 is 14.3 Å². The van der Waals surface area contributed by atoms with Crippen LogP contribution in [0.1, 0.15) is 13.8 Å². The highest BCUT2D eigenvalue weighted by Crippen LogP contribution is 2.35. The van der Waals surface area contributed by atoms with Crippen LogP contribution >= 0.6 is 0 Å². The second-order valence-electron chi connectivity index (χ2n) is 5.86. The van der Waals surface area contributed by atoms with Crippen LogP contribution in [0.4, 0.5) is 0 Å². The number of allylic oxidation sites excluding steroid dienone is 1. The first kappa shape index (κ1) is 14.0. The Bertz CT molecular complexity index is 409. The van der Waals surface area contributed by atoms with E-state index in [1.54, 1.807) is 0 Å². The number of Topliss-reactive ketones (excluding diaryl/α,β-unsaturated/α-hetero) is 1. The molecule has 0 aromatic heterocycles. The molecular weight excluding hydrogens is 256 g/mol. The van der Waals surface area contributed by atoms with Gasteiger partial charge in [-0.3, -0.25) is 9.69 Å². The number of ether oxygens (including phenoxy) is 2. The highest BCUT2D eigenvalue weighted by Gasteiger charge is 2.43. The first-order valence-electron chi connectivity index (χ1n) is 7.59. The standard InChI is InChI=1S/C15H24N2O3/c1-11-13(16-3-7-19-8-4-16)14(12(2)15(11)18)17-5-9-20-10-6-17/h11,13H,3-10H2,1-2H3. The molecule has 20 heavy (non-hydrogen) atoms. The predicted molar refractivity (Wildman–Crippen MR) is 75.4 cm³/mol. The third kappa shape index (κ3) is 2.38. The van der Waals surface area contributed by atoms with E-state index in [1.807, 2.05) is 6.92 Å². The molecule has 0 saturated carbocycles. The second kappa shape index (κ2) is 5.84. The van der Waals surface area contributed by atoms with Gasteiger partial charge in [0.2, 0.25) is 0 Å². The Labute approximate surface area is 120 Å². The molecule has 1 aliphatic carbocycles. The van der Waals surface area contributed by atoms with Crippen molar-refractivity contribution in [3.8, 4) is 0 Å². The van der Waals surface area contributed by atoms with Gasteiger partial charge in [0.05, 0.1) is 32.5 Å². The monoisotopic (exact) mass is 280 g/mol. The summed E-state index contributed by atoms with van der Waals surface area (Å²) in [6, 6.07) is 0.226. The van der Waals surface area contributed by atoms with E-state index < -0.39 is 0 Å². The molecule has 5 heteroatoms. The average Bonchev–Trinajstić information content (AvgIpc) is 2.73. The van der Waals surface area contributed by atoms with Crippen LogP contribution in [0.15, 0.2) is 11.3 Å². The molecule has 2 heterocycles. The van der Waals surface area contributed by atoms with E-state index in [-0.39, 0.29) is 12.0 Å². The number of rotatable bonds is 2. The van der Waals surface area contributed by atoms with Crippen molar-refractivity contribution in [1.29, 1.82) is 0 Å². The zero-order valence-electron chi connectivity index (χ0n) is 12.4.